The Morgan fingerprint density at radius 2 is 1.89 bits per heavy atom. The summed E-state index contributed by atoms with van der Waals surface area (Å²) in [4.78, 5) is 10.5. The lowest BCUT2D eigenvalue weighted by atomic mass is 10.1. The van der Waals surface area contributed by atoms with E-state index in [9.17, 15) is 0 Å². The number of benzene rings is 1. The van der Waals surface area contributed by atoms with Crippen molar-refractivity contribution in [3.8, 4) is 0 Å². The van der Waals surface area contributed by atoms with Gasteiger partial charge in [-0.2, -0.15) is 0 Å². The number of nitrogens with zero attached hydrogens (tertiary/aromatic N) is 3. The van der Waals surface area contributed by atoms with Gasteiger partial charge in [0.25, 0.3) is 0 Å². The first-order chi connectivity index (χ1) is 8.69. The molecule has 2 N–H and O–H groups in total. The SMILES string of the molecule is CCc1ccc(N(C)Cc2nccc(N)n2)cc1. The summed E-state index contributed by atoms with van der Waals surface area (Å²) in [7, 11) is 2.02. The molecule has 1 heterocycles. The Labute approximate surface area is 107 Å². The van der Waals surface area contributed by atoms with Gasteiger partial charge in [-0.3, -0.25) is 0 Å². The van der Waals surface area contributed by atoms with Crippen LogP contribution in [0.25, 0.3) is 0 Å². The standard InChI is InChI=1S/C14H18N4/c1-3-11-4-6-12(7-5-11)18(2)10-14-16-9-8-13(15)17-14/h4-9H,3,10H2,1-2H3,(H2,15,16,17). The van der Waals surface area contributed by atoms with Gasteiger partial charge in [-0.25, -0.2) is 9.97 Å². The molecule has 0 unspecified atom stereocenters. The number of aryl methyl sites for hydroxylation is 1. The van der Waals surface area contributed by atoms with Crippen molar-refractivity contribution in [1.29, 1.82) is 0 Å². The second-order valence-electron chi connectivity index (χ2n) is 4.27. The first-order valence-electron chi connectivity index (χ1n) is 6.06. The van der Waals surface area contributed by atoms with Gasteiger partial charge in [-0.1, -0.05) is 19.1 Å². The molecule has 1 aromatic carbocycles. The van der Waals surface area contributed by atoms with Crippen LogP contribution in [0.1, 0.15) is 18.3 Å². The maximum atomic E-state index is 5.64. The van der Waals surface area contributed by atoms with Crippen LogP contribution in [0.2, 0.25) is 0 Å². The number of nitrogens with two attached hydrogens (primary N) is 1. The van der Waals surface area contributed by atoms with Crippen molar-refractivity contribution in [3.63, 3.8) is 0 Å². The van der Waals surface area contributed by atoms with Gasteiger partial charge in [-0.15, -0.1) is 0 Å². The van der Waals surface area contributed by atoms with E-state index in [1.54, 1.807) is 12.3 Å². The number of nitrogen functional groups attached to an aromatic ring is 1. The number of anilines is 2. The minimum absolute atomic E-state index is 0.509. The third-order valence-electron chi connectivity index (χ3n) is 2.89. The molecule has 0 aliphatic rings. The molecule has 0 bridgehead atoms. The molecule has 0 saturated carbocycles. The predicted molar refractivity (Wildman–Crippen MR) is 74.4 cm³/mol. The fourth-order valence-electron chi connectivity index (χ4n) is 1.78. The Morgan fingerprint density at radius 3 is 2.50 bits per heavy atom. The predicted octanol–water partition coefficient (Wildman–Crippen LogP) is 2.26. The van der Waals surface area contributed by atoms with Crippen LogP contribution in [0, 0.1) is 0 Å². The zero-order valence-electron chi connectivity index (χ0n) is 10.8. The first kappa shape index (κ1) is 12.4. The summed E-state index contributed by atoms with van der Waals surface area (Å²) in [6, 6.07) is 10.2. The lowest BCUT2D eigenvalue weighted by molar-refractivity contribution is 0.840. The summed E-state index contributed by atoms with van der Waals surface area (Å²) in [5, 5.41) is 0. The van der Waals surface area contributed by atoms with Crippen LogP contribution in [0.15, 0.2) is 36.5 Å². The summed E-state index contributed by atoms with van der Waals surface area (Å²) in [6.07, 6.45) is 2.74. The highest BCUT2D eigenvalue weighted by atomic mass is 15.1. The first-order valence-corrected chi connectivity index (χ1v) is 6.06. The molecule has 0 aliphatic carbocycles. The molecule has 0 atom stereocenters. The zero-order valence-corrected chi connectivity index (χ0v) is 10.8. The van der Waals surface area contributed by atoms with E-state index in [2.05, 4.69) is 46.1 Å². The van der Waals surface area contributed by atoms with Crippen LogP contribution >= 0.6 is 0 Å². The lowest BCUT2D eigenvalue weighted by Crippen LogP contribution is -2.18. The van der Waals surface area contributed by atoms with E-state index in [1.165, 1.54) is 5.56 Å². The van der Waals surface area contributed by atoms with E-state index in [-0.39, 0.29) is 0 Å². The molecule has 18 heavy (non-hydrogen) atoms. The molecular weight excluding hydrogens is 224 g/mol. The van der Waals surface area contributed by atoms with Crippen LogP contribution in [0.5, 0.6) is 0 Å². The highest BCUT2D eigenvalue weighted by molar-refractivity contribution is 5.47. The highest BCUT2D eigenvalue weighted by Crippen LogP contribution is 2.15. The summed E-state index contributed by atoms with van der Waals surface area (Å²) in [5.41, 5.74) is 8.13. The van der Waals surface area contributed by atoms with E-state index in [1.807, 2.05) is 7.05 Å². The number of hydrogen-bond acceptors (Lipinski definition) is 4. The van der Waals surface area contributed by atoms with Gasteiger partial charge in [0.05, 0.1) is 6.54 Å². The molecule has 0 spiro atoms. The number of aromatic nitrogens is 2. The normalized spacial score (nSPS) is 10.3. The van der Waals surface area contributed by atoms with Gasteiger partial charge in [0.2, 0.25) is 0 Å². The minimum Gasteiger partial charge on any atom is -0.384 e. The summed E-state index contributed by atoms with van der Waals surface area (Å²) in [6.45, 7) is 2.80. The maximum absolute atomic E-state index is 5.64. The van der Waals surface area contributed by atoms with Crippen LogP contribution in [-0.4, -0.2) is 17.0 Å². The Balaban J connectivity index is 2.09. The minimum atomic E-state index is 0.509. The fourth-order valence-corrected chi connectivity index (χ4v) is 1.78. The van der Waals surface area contributed by atoms with E-state index in [0.29, 0.717) is 12.4 Å². The highest BCUT2D eigenvalue weighted by Gasteiger charge is 2.04. The quantitative estimate of drug-likeness (QED) is 0.893. The third-order valence-corrected chi connectivity index (χ3v) is 2.89. The average molecular weight is 242 g/mol. The van der Waals surface area contributed by atoms with E-state index in [0.717, 1.165) is 17.9 Å². The Kier molecular flexibility index (Phi) is 3.77. The second-order valence-corrected chi connectivity index (χ2v) is 4.27. The van der Waals surface area contributed by atoms with E-state index in [4.69, 9.17) is 5.73 Å². The smallest absolute Gasteiger partial charge is 0.149 e. The van der Waals surface area contributed by atoms with Crippen molar-refractivity contribution in [2.75, 3.05) is 17.7 Å². The Bertz CT molecular complexity index is 507. The van der Waals surface area contributed by atoms with Crippen molar-refractivity contribution >= 4 is 11.5 Å². The molecule has 0 amide bonds. The fraction of sp³-hybridized carbons (Fsp3) is 0.286. The number of rotatable bonds is 4. The zero-order chi connectivity index (χ0) is 13.0. The van der Waals surface area contributed by atoms with Crippen LogP contribution < -0.4 is 10.6 Å². The lowest BCUT2D eigenvalue weighted by Gasteiger charge is -2.18. The Morgan fingerprint density at radius 1 is 1.17 bits per heavy atom. The molecular formula is C14H18N4. The summed E-state index contributed by atoms with van der Waals surface area (Å²) < 4.78 is 0. The van der Waals surface area contributed by atoms with Crippen molar-refractivity contribution in [2.24, 2.45) is 0 Å². The molecule has 2 aromatic rings. The molecule has 0 radical (unpaired) electrons. The molecule has 2 rings (SSSR count). The molecule has 4 heteroatoms. The molecule has 94 valence electrons. The van der Waals surface area contributed by atoms with Crippen molar-refractivity contribution in [3.05, 3.63) is 47.9 Å². The monoisotopic (exact) mass is 242 g/mol. The largest absolute Gasteiger partial charge is 0.384 e. The van der Waals surface area contributed by atoms with Crippen molar-refractivity contribution in [2.45, 2.75) is 19.9 Å². The van der Waals surface area contributed by atoms with Crippen LogP contribution in [0.3, 0.4) is 0 Å². The van der Waals surface area contributed by atoms with Gasteiger partial charge in [0.15, 0.2) is 0 Å². The molecule has 0 saturated heterocycles. The van der Waals surface area contributed by atoms with E-state index >= 15 is 0 Å². The third kappa shape index (κ3) is 2.97. The summed E-state index contributed by atoms with van der Waals surface area (Å²) >= 11 is 0. The molecule has 0 fully saturated rings. The molecule has 1 aromatic heterocycles. The van der Waals surface area contributed by atoms with E-state index < -0.39 is 0 Å². The van der Waals surface area contributed by atoms with Gasteiger partial charge >= 0.3 is 0 Å². The van der Waals surface area contributed by atoms with Crippen LogP contribution in [-0.2, 0) is 13.0 Å². The topological polar surface area (TPSA) is 55.0 Å². The van der Waals surface area contributed by atoms with Gasteiger partial charge in [-0.05, 0) is 30.2 Å². The van der Waals surface area contributed by atoms with Crippen LogP contribution in [0.4, 0.5) is 11.5 Å². The van der Waals surface area contributed by atoms with Gasteiger partial charge < -0.3 is 10.6 Å². The van der Waals surface area contributed by atoms with Crippen molar-refractivity contribution < 1.29 is 0 Å². The molecule has 0 aliphatic heterocycles. The Hall–Kier alpha value is -2.10. The van der Waals surface area contributed by atoms with Gasteiger partial charge in [0, 0.05) is 18.9 Å². The molecule has 4 nitrogen and oxygen atoms in total. The van der Waals surface area contributed by atoms with Gasteiger partial charge in [0.1, 0.15) is 11.6 Å². The second kappa shape index (κ2) is 5.49. The van der Waals surface area contributed by atoms with Crippen molar-refractivity contribution in [1.82, 2.24) is 9.97 Å². The maximum Gasteiger partial charge on any atom is 0.149 e. The number of hydrogen-bond donors (Lipinski definition) is 1. The average Bonchev–Trinajstić information content (AvgIpc) is 2.39. The summed E-state index contributed by atoms with van der Waals surface area (Å²) in [5.74, 6) is 1.24.